The summed E-state index contributed by atoms with van der Waals surface area (Å²) in [6.07, 6.45) is -0.0295. The monoisotopic (exact) mass is 525 g/mol. The summed E-state index contributed by atoms with van der Waals surface area (Å²) < 4.78 is 40.6. The van der Waals surface area contributed by atoms with Crippen molar-refractivity contribution < 1.29 is 31.7 Å². The van der Waals surface area contributed by atoms with Crippen LogP contribution in [-0.2, 0) is 37.4 Å². The van der Waals surface area contributed by atoms with Gasteiger partial charge in [0.2, 0.25) is 0 Å². The summed E-state index contributed by atoms with van der Waals surface area (Å²) in [6.45, 7) is 4.21. The highest BCUT2D eigenvalue weighted by Crippen LogP contribution is 2.21. The number of hydrogen-bond donors (Lipinski definition) is 1. The Labute approximate surface area is 217 Å². The molecule has 0 aliphatic heterocycles. The van der Waals surface area contributed by atoms with Gasteiger partial charge in [0, 0.05) is 6.54 Å². The first-order valence-electron chi connectivity index (χ1n) is 12.0. The number of carbonyl (C=O) groups excluding carboxylic acids is 2. The minimum absolute atomic E-state index is 0.0712. The molecule has 0 spiro atoms. The maximum Gasteiger partial charge on any atom is 0.407 e. The molecule has 9 heteroatoms. The lowest BCUT2D eigenvalue weighted by molar-refractivity contribution is -0.144. The van der Waals surface area contributed by atoms with Crippen molar-refractivity contribution in [3.05, 3.63) is 95.6 Å². The van der Waals surface area contributed by atoms with Crippen LogP contribution >= 0.6 is 0 Å². The Morgan fingerprint density at radius 1 is 0.865 bits per heavy atom. The molecule has 1 amide bonds. The van der Waals surface area contributed by atoms with Gasteiger partial charge in [-0.2, -0.15) is 8.42 Å². The number of ether oxygens (including phenoxy) is 2. The first-order valence-corrected chi connectivity index (χ1v) is 13.4. The second kappa shape index (κ2) is 13.5. The van der Waals surface area contributed by atoms with Gasteiger partial charge >= 0.3 is 22.2 Å². The molecule has 0 radical (unpaired) electrons. The molecule has 1 unspecified atom stereocenters. The topological polar surface area (TPSA) is 108 Å². The second-order valence-corrected chi connectivity index (χ2v) is 10.1. The van der Waals surface area contributed by atoms with Crippen LogP contribution in [0.15, 0.2) is 83.8 Å². The van der Waals surface area contributed by atoms with Crippen LogP contribution in [0.1, 0.15) is 30.0 Å². The van der Waals surface area contributed by atoms with Crippen molar-refractivity contribution >= 4 is 22.2 Å². The minimum Gasteiger partial charge on any atom is -0.466 e. The van der Waals surface area contributed by atoms with Gasteiger partial charge in [-0.15, -0.1) is 0 Å². The summed E-state index contributed by atoms with van der Waals surface area (Å²) in [5.41, 5.74) is 2.65. The van der Waals surface area contributed by atoms with Crippen molar-refractivity contribution in [3.8, 4) is 5.75 Å². The SMILES string of the molecule is CCOC(=O)CC(CNC(=O)OCc1ccccc1)Cc1ccc(OS(=O)(=O)c2ccc(C)cc2)cc1. The van der Waals surface area contributed by atoms with E-state index in [1.807, 2.05) is 37.3 Å². The van der Waals surface area contributed by atoms with Gasteiger partial charge in [0.15, 0.2) is 0 Å². The lowest BCUT2D eigenvalue weighted by atomic mass is 9.96. The molecular weight excluding hydrogens is 494 g/mol. The summed E-state index contributed by atoms with van der Waals surface area (Å²) >= 11 is 0. The highest BCUT2D eigenvalue weighted by Gasteiger charge is 2.19. The van der Waals surface area contributed by atoms with E-state index < -0.39 is 16.2 Å². The summed E-state index contributed by atoms with van der Waals surface area (Å²) in [6, 6.07) is 22.3. The van der Waals surface area contributed by atoms with E-state index in [1.165, 1.54) is 12.1 Å². The van der Waals surface area contributed by atoms with Gasteiger partial charge in [0.1, 0.15) is 17.3 Å². The first kappa shape index (κ1) is 27.7. The number of amides is 1. The fraction of sp³-hybridized carbons (Fsp3) is 0.286. The van der Waals surface area contributed by atoms with Crippen LogP contribution in [-0.4, -0.2) is 33.6 Å². The highest BCUT2D eigenvalue weighted by atomic mass is 32.2. The first-order chi connectivity index (χ1) is 17.7. The van der Waals surface area contributed by atoms with Gasteiger partial charge in [-0.1, -0.05) is 60.2 Å². The molecule has 0 aliphatic rings. The third-order valence-electron chi connectivity index (χ3n) is 5.47. The molecule has 0 aliphatic carbocycles. The molecule has 1 N–H and O–H groups in total. The predicted octanol–water partition coefficient (Wildman–Crippen LogP) is 4.80. The number of carbonyl (C=O) groups is 2. The molecule has 0 fully saturated rings. The zero-order valence-corrected chi connectivity index (χ0v) is 21.7. The second-order valence-electron chi connectivity index (χ2n) is 8.52. The molecule has 0 saturated carbocycles. The van der Waals surface area contributed by atoms with E-state index in [2.05, 4.69) is 5.32 Å². The zero-order valence-electron chi connectivity index (χ0n) is 20.9. The molecule has 0 bridgehead atoms. The molecule has 3 aromatic rings. The van der Waals surface area contributed by atoms with Gasteiger partial charge in [0.05, 0.1) is 13.0 Å². The number of esters is 1. The van der Waals surface area contributed by atoms with E-state index in [4.69, 9.17) is 13.7 Å². The van der Waals surface area contributed by atoms with Crippen LogP contribution in [0.4, 0.5) is 4.79 Å². The van der Waals surface area contributed by atoms with Crippen molar-refractivity contribution in [3.63, 3.8) is 0 Å². The third-order valence-corrected chi connectivity index (χ3v) is 6.73. The van der Waals surface area contributed by atoms with E-state index in [9.17, 15) is 18.0 Å². The molecule has 196 valence electrons. The van der Waals surface area contributed by atoms with E-state index in [0.717, 1.165) is 16.7 Å². The maximum atomic E-state index is 12.5. The number of benzene rings is 3. The highest BCUT2D eigenvalue weighted by molar-refractivity contribution is 7.87. The van der Waals surface area contributed by atoms with Gasteiger partial charge in [-0.3, -0.25) is 4.79 Å². The van der Waals surface area contributed by atoms with Gasteiger partial charge in [-0.05, 0) is 61.6 Å². The number of alkyl carbamates (subject to hydrolysis) is 1. The number of hydrogen-bond acceptors (Lipinski definition) is 7. The fourth-order valence-electron chi connectivity index (χ4n) is 3.57. The fourth-order valence-corrected chi connectivity index (χ4v) is 4.50. The van der Waals surface area contributed by atoms with Crippen LogP contribution in [0, 0.1) is 12.8 Å². The Balaban J connectivity index is 1.59. The van der Waals surface area contributed by atoms with Crippen LogP contribution in [0.5, 0.6) is 5.75 Å². The maximum absolute atomic E-state index is 12.5. The zero-order chi connectivity index (χ0) is 26.7. The molecular formula is C28H31NO7S. The van der Waals surface area contributed by atoms with Crippen molar-refractivity contribution in [1.29, 1.82) is 0 Å². The van der Waals surface area contributed by atoms with Crippen molar-refractivity contribution in [2.45, 2.75) is 38.2 Å². The number of aryl methyl sites for hydroxylation is 1. The van der Waals surface area contributed by atoms with Crippen LogP contribution in [0.3, 0.4) is 0 Å². The van der Waals surface area contributed by atoms with E-state index in [-0.39, 0.29) is 48.7 Å². The Morgan fingerprint density at radius 3 is 2.19 bits per heavy atom. The molecule has 0 heterocycles. The minimum atomic E-state index is -3.95. The molecule has 0 aromatic heterocycles. The van der Waals surface area contributed by atoms with Gasteiger partial charge in [-0.25, -0.2) is 4.79 Å². The van der Waals surface area contributed by atoms with Gasteiger partial charge in [0.25, 0.3) is 0 Å². The van der Waals surface area contributed by atoms with Crippen LogP contribution in [0.2, 0.25) is 0 Å². The van der Waals surface area contributed by atoms with Gasteiger partial charge < -0.3 is 19.0 Å². The Kier molecular flexibility index (Phi) is 10.1. The quantitative estimate of drug-likeness (QED) is 0.267. The number of rotatable bonds is 12. The molecule has 1 atom stereocenters. The van der Waals surface area contributed by atoms with Crippen molar-refractivity contribution in [2.24, 2.45) is 5.92 Å². The van der Waals surface area contributed by atoms with Crippen molar-refractivity contribution in [2.75, 3.05) is 13.2 Å². The van der Waals surface area contributed by atoms with Crippen LogP contribution < -0.4 is 9.50 Å². The average Bonchev–Trinajstić information content (AvgIpc) is 2.88. The Morgan fingerprint density at radius 2 is 1.54 bits per heavy atom. The molecule has 37 heavy (non-hydrogen) atoms. The lowest BCUT2D eigenvalue weighted by Gasteiger charge is -2.17. The largest absolute Gasteiger partial charge is 0.466 e. The summed E-state index contributed by atoms with van der Waals surface area (Å²) in [5, 5.41) is 2.71. The molecule has 3 aromatic carbocycles. The van der Waals surface area contributed by atoms with Crippen molar-refractivity contribution in [1.82, 2.24) is 5.32 Å². The van der Waals surface area contributed by atoms with E-state index in [1.54, 1.807) is 43.3 Å². The predicted molar refractivity (Wildman–Crippen MR) is 139 cm³/mol. The third kappa shape index (κ3) is 9.27. The van der Waals surface area contributed by atoms with E-state index >= 15 is 0 Å². The standard InChI is InChI=1S/C28H31NO7S/c1-3-34-27(30)18-24(19-29-28(31)35-20-23-7-5-4-6-8-23)17-22-11-13-25(14-12-22)36-37(32,33)26-15-9-21(2)10-16-26/h4-16,24H,3,17-20H2,1-2H3,(H,29,31). The molecule has 0 saturated heterocycles. The molecule has 3 rings (SSSR count). The number of nitrogens with one attached hydrogen (secondary N) is 1. The Bertz CT molecular complexity index is 1260. The summed E-state index contributed by atoms with van der Waals surface area (Å²) in [7, 11) is -3.95. The molecule has 8 nitrogen and oxygen atoms in total. The van der Waals surface area contributed by atoms with E-state index in [0.29, 0.717) is 6.42 Å². The lowest BCUT2D eigenvalue weighted by Crippen LogP contribution is -2.32. The average molecular weight is 526 g/mol. The Hall–Kier alpha value is -3.85. The normalized spacial score (nSPS) is 11.8. The smallest absolute Gasteiger partial charge is 0.407 e. The van der Waals surface area contributed by atoms with Crippen LogP contribution in [0.25, 0.3) is 0 Å². The summed E-state index contributed by atoms with van der Waals surface area (Å²) in [5.74, 6) is -0.448. The summed E-state index contributed by atoms with van der Waals surface area (Å²) in [4.78, 5) is 24.4.